The molecule has 3 amide bonds. The highest BCUT2D eigenvalue weighted by Crippen LogP contribution is 2.40. The number of fused-ring (bicyclic) bond motifs is 1. The maximum Gasteiger partial charge on any atom is 0.262 e. The first kappa shape index (κ1) is 17.4. The monoisotopic (exact) mass is 386 g/mol. The van der Waals surface area contributed by atoms with Gasteiger partial charge in [-0.15, -0.1) is 0 Å². The molecule has 0 unspecified atom stereocenters. The molecular weight excluding hydrogens is 368 g/mol. The minimum absolute atomic E-state index is 0.329. The van der Waals surface area contributed by atoms with Gasteiger partial charge in [0, 0.05) is 12.0 Å². The van der Waals surface area contributed by atoms with E-state index in [0.29, 0.717) is 22.9 Å². The van der Waals surface area contributed by atoms with E-state index in [9.17, 15) is 14.4 Å². The number of rotatable bonds is 5. The number of hydrogen-bond donors (Lipinski definition) is 1. The molecule has 2 heterocycles. The lowest BCUT2D eigenvalue weighted by Crippen LogP contribution is -2.37. The Bertz CT molecular complexity index is 1100. The summed E-state index contributed by atoms with van der Waals surface area (Å²) < 4.78 is 1.69. The largest absolute Gasteiger partial charge is 0.309 e. The average Bonchev–Trinajstić information content (AvgIpc) is 3.47. The van der Waals surface area contributed by atoms with Crippen LogP contribution in [0, 0.1) is 0 Å². The molecule has 0 bridgehead atoms. The van der Waals surface area contributed by atoms with E-state index in [1.807, 2.05) is 36.4 Å². The number of carbonyl (C=O) groups is 3. The van der Waals surface area contributed by atoms with Crippen LogP contribution in [0.15, 0.2) is 60.7 Å². The highest BCUT2D eigenvalue weighted by atomic mass is 16.2. The van der Waals surface area contributed by atoms with Gasteiger partial charge in [0.1, 0.15) is 12.4 Å². The first-order valence-electron chi connectivity index (χ1n) is 9.52. The van der Waals surface area contributed by atoms with Crippen molar-refractivity contribution in [2.75, 3.05) is 11.9 Å². The highest BCUT2D eigenvalue weighted by molar-refractivity contribution is 6.22. The van der Waals surface area contributed by atoms with Crippen molar-refractivity contribution < 1.29 is 14.4 Å². The van der Waals surface area contributed by atoms with Crippen LogP contribution < -0.4 is 5.32 Å². The molecule has 2 aliphatic rings. The first-order chi connectivity index (χ1) is 14.1. The molecule has 3 aromatic rings. The lowest BCUT2D eigenvalue weighted by molar-refractivity contribution is -0.116. The fourth-order valence-corrected chi connectivity index (χ4v) is 3.54. The van der Waals surface area contributed by atoms with Crippen molar-refractivity contribution in [3.63, 3.8) is 0 Å². The Balaban J connectivity index is 1.38. The number of nitrogens with zero attached hydrogens (tertiary/aromatic N) is 3. The second kappa shape index (κ2) is 6.70. The van der Waals surface area contributed by atoms with E-state index in [1.54, 1.807) is 28.9 Å². The van der Waals surface area contributed by atoms with E-state index in [1.165, 1.54) is 0 Å². The molecule has 1 saturated carbocycles. The number of anilines is 1. The molecule has 1 N–H and O–H groups in total. The lowest BCUT2D eigenvalue weighted by atomic mass is 10.1. The fraction of sp³-hybridized carbons (Fsp3) is 0.182. The second-order valence-electron chi connectivity index (χ2n) is 7.27. The van der Waals surface area contributed by atoms with E-state index < -0.39 is 17.7 Å². The molecular formula is C22H18N4O3. The first-order valence-corrected chi connectivity index (χ1v) is 9.52. The Labute approximate surface area is 166 Å². The predicted molar refractivity (Wildman–Crippen MR) is 106 cm³/mol. The molecule has 7 heteroatoms. The van der Waals surface area contributed by atoms with E-state index in [0.717, 1.165) is 29.1 Å². The molecule has 1 aliphatic carbocycles. The van der Waals surface area contributed by atoms with Gasteiger partial charge >= 0.3 is 0 Å². The zero-order valence-electron chi connectivity index (χ0n) is 15.5. The van der Waals surface area contributed by atoms with Crippen molar-refractivity contribution in [3.05, 3.63) is 77.5 Å². The van der Waals surface area contributed by atoms with Gasteiger partial charge in [-0.1, -0.05) is 30.3 Å². The van der Waals surface area contributed by atoms with Crippen molar-refractivity contribution in [2.45, 2.75) is 18.8 Å². The van der Waals surface area contributed by atoms with Crippen molar-refractivity contribution >= 4 is 23.5 Å². The molecule has 0 atom stereocenters. The number of hydrogen-bond acceptors (Lipinski definition) is 4. The Hall–Kier alpha value is -3.74. The van der Waals surface area contributed by atoms with Gasteiger partial charge in [0.2, 0.25) is 5.91 Å². The number of amides is 3. The van der Waals surface area contributed by atoms with E-state index in [4.69, 9.17) is 0 Å². The van der Waals surface area contributed by atoms with Gasteiger partial charge in [-0.2, -0.15) is 5.10 Å². The quantitative estimate of drug-likeness (QED) is 0.683. The fourth-order valence-electron chi connectivity index (χ4n) is 3.54. The molecule has 1 aromatic heterocycles. The molecule has 1 aliphatic heterocycles. The lowest BCUT2D eigenvalue weighted by Gasteiger charge is -2.14. The third-order valence-electron chi connectivity index (χ3n) is 5.17. The zero-order chi connectivity index (χ0) is 20.0. The summed E-state index contributed by atoms with van der Waals surface area (Å²) in [5.74, 6) is -0.391. The molecule has 7 nitrogen and oxygen atoms in total. The number of nitrogens with one attached hydrogen (secondary N) is 1. The molecule has 2 aromatic carbocycles. The van der Waals surface area contributed by atoms with Crippen LogP contribution in [0.1, 0.15) is 45.2 Å². The summed E-state index contributed by atoms with van der Waals surface area (Å²) in [6.45, 7) is -0.342. The summed E-state index contributed by atoms with van der Waals surface area (Å²) in [6, 6.07) is 18.0. The standard InChI is InChI=1S/C22H18N4O3/c27-20(13-25-21(28)16-8-4-5-9-17(16)22(25)29)23-19-12-18(14-10-11-14)24-26(19)15-6-2-1-3-7-15/h1-9,12,14H,10-11,13H2,(H,23,27). The molecule has 5 rings (SSSR count). The summed E-state index contributed by atoms with van der Waals surface area (Å²) in [7, 11) is 0. The predicted octanol–water partition coefficient (Wildman–Crippen LogP) is 2.98. The Kier molecular flexibility index (Phi) is 4.01. The van der Waals surface area contributed by atoms with Gasteiger partial charge in [0.25, 0.3) is 11.8 Å². The van der Waals surface area contributed by atoms with Crippen LogP contribution in [0.3, 0.4) is 0 Å². The third kappa shape index (κ3) is 3.10. The molecule has 144 valence electrons. The summed E-state index contributed by atoms with van der Waals surface area (Å²) >= 11 is 0. The van der Waals surface area contributed by atoms with Crippen molar-refractivity contribution in [1.82, 2.24) is 14.7 Å². The SMILES string of the molecule is O=C(CN1C(=O)c2ccccc2C1=O)Nc1cc(C2CC2)nn1-c1ccccc1. The van der Waals surface area contributed by atoms with E-state index in [2.05, 4.69) is 10.4 Å². The number of imide groups is 1. The van der Waals surface area contributed by atoms with E-state index in [-0.39, 0.29) is 6.54 Å². The number of aromatic nitrogens is 2. The summed E-state index contributed by atoms with van der Waals surface area (Å²) in [6.07, 6.45) is 2.18. The molecule has 29 heavy (non-hydrogen) atoms. The number of para-hydroxylation sites is 1. The molecule has 0 spiro atoms. The summed E-state index contributed by atoms with van der Waals surface area (Å²) in [5.41, 5.74) is 2.42. The topological polar surface area (TPSA) is 84.3 Å². The van der Waals surface area contributed by atoms with Crippen molar-refractivity contribution in [3.8, 4) is 5.69 Å². The number of benzene rings is 2. The molecule has 0 saturated heterocycles. The van der Waals surface area contributed by atoms with Crippen LogP contribution in [-0.2, 0) is 4.79 Å². The normalized spacial score (nSPS) is 15.5. The molecule has 0 radical (unpaired) electrons. The molecule has 1 fully saturated rings. The Morgan fingerprint density at radius 3 is 2.21 bits per heavy atom. The third-order valence-corrected chi connectivity index (χ3v) is 5.17. The Morgan fingerprint density at radius 2 is 1.59 bits per heavy atom. The number of carbonyl (C=O) groups excluding carboxylic acids is 3. The maximum atomic E-state index is 12.7. The minimum Gasteiger partial charge on any atom is -0.309 e. The van der Waals surface area contributed by atoms with Gasteiger partial charge in [0.05, 0.1) is 22.5 Å². The van der Waals surface area contributed by atoms with Crippen molar-refractivity contribution in [1.29, 1.82) is 0 Å². The highest BCUT2D eigenvalue weighted by Gasteiger charge is 2.36. The van der Waals surface area contributed by atoms with Crippen LogP contribution in [-0.4, -0.2) is 38.9 Å². The minimum atomic E-state index is -0.448. The van der Waals surface area contributed by atoms with Gasteiger partial charge < -0.3 is 5.32 Å². The van der Waals surface area contributed by atoms with Crippen LogP contribution in [0.2, 0.25) is 0 Å². The summed E-state index contributed by atoms with van der Waals surface area (Å²) in [5, 5.41) is 7.47. The van der Waals surface area contributed by atoms with Gasteiger partial charge in [-0.3, -0.25) is 19.3 Å². The van der Waals surface area contributed by atoms with E-state index >= 15 is 0 Å². The van der Waals surface area contributed by atoms with Crippen LogP contribution in [0.5, 0.6) is 0 Å². The van der Waals surface area contributed by atoms with Gasteiger partial charge in [-0.05, 0) is 37.1 Å². The van der Waals surface area contributed by atoms with Gasteiger partial charge in [0.15, 0.2) is 0 Å². The zero-order valence-corrected chi connectivity index (χ0v) is 15.5. The summed E-state index contributed by atoms with van der Waals surface area (Å²) in [4.78, 5) is 38.7. The average molecular weight is 386 g/mol. The van der Waals surface area contributed by atoms with Crippen LogP contribution in [0.4, 0.5) is 5.82 Å². The van der Waals surface area contributed by atoms with Gasteiger partial charge in [-0.25, -0.2) is 4.68 Å². The van der Waals surface area contributed by atoms with Crippen LogP contribution in [0.25, 0.3) is 5.69 Å². The second-order valence-corrected chi connectivity index (χ2v) is 7.27. The van der Waals surface area contributed by atoms with Crippen molar-refractivity contribution in [2.24, 2.45) is 0 Å². The smallest absolute Gasteiger partial charge is 0.262 e. The Morgan fingerprint density at radius 1 is 0.966 bits per heavy atom. The maximum absolute atomic E-state index is 12.7. The van der Waals surface area contributed by atoms with Crippen LogP contribution >= 0.6 is 0 Å².